The summed E-state index contributed by atoms with van der Waals surface area (Å²) in [6, 6.07) is 15.2. The molecule has 30 heavy (non-hydrogen) atoms. The number of rotatable bonds is 4. The molecule has 0 bridgehead atoms. The summed E-state index contributed by atoms with van der Waals surface area (Å²) < 4.78 is 6.47. The summed E-state index contributed by atoms with van der Waals surface area (Å²) in [6.07, 6.45) is 3.23. The van der Waals surface area contributed by atoms with Crippen LogP contribution in [-0.4, -0.2) is 34.8 Å². The Balaban J connectivity index is 1.23. The van der Waals surface area contributed by atoms with Crippen LogP contribution in [0.1, 0.15) is 23.3 Å². The standard InChI is InChI=1S/C23H21N3O3S/c27-22(24-17-7-5-15(6-8-17)20-4-2-11-29-20)16-3-1-10-26(14-16)23(28)19-13-21-18(25-19)9-12-30-21/h2,4-9,11-13,16,25H,1,3,10,14H2,(H,24,27). The lowest BCUT2D eigenvalue weighted by atomic mass is 9.96. The van der Waals surface area contributed by atoms with Gasteiger partial charge in [0.2, 0.25) is 5.91 Å². The average molecular weight is 420 g/mol. The number of benzene rings is 1. The number of carbonyl (C=O) groups excluding carboxylic acids is 2. The molecule has 4 heterocycles. The van der Waals surface area contributed by atoms with Gasteiger partial charge in [0, 0.05) is 24.3 Å². The fourth-order valence-corrected chi connectivity index (χ4v) is 4.70. The van der Waals surface area contributed by atoms with Crippen LogP contribution < -0.4 is 5.32 Å². The molecule has 7 heteroatoms. The van der Waals surface area contributed by atoms with Gasteiger partial charge in [0.1, 0.15) is 11.5 Å². The minimum absolute atomic E-state index is 0.0429. The third-order valence-electron chi connectivity index (χ3n) is 5.51. The van der Waals surface area contributed by atoms with E-state index in [-0.39, 0.29) is 17.7 Å². The molecule has 0 aliphatic carbocycles. The molecule has 0 saturated carbocycles. The second-order valence-corrected chi connectivity index (χ2v) is 8.46. The zero-order valence-electron chi connectivity index (χ0n) is 16.3. The summed E-state index contributed by atoms with van der Waals surface area (Å²) in [6.45, 7) is 1.11. The molecule has 3 aromatic heterocycles. The number of piperidine rings is 1. The van der Waals surface area contributed by atoms with Crippen LogP contribution in [0.4, 0.5) is 5.69 Å². The molecule has 2 amide bonds. The van der Waals surface area contributed by atoms with Crippen LogP contribution in [0.2, 0.25) is 0 Å². The van der Waals surface area contributed by atoms with Crippen molar-refractivity contribution in [3.63, 3.8) is 0 Å². The molecular formula is C23H21N3O3S. The number of anilines is 1. The van der Waals surface area contributed by atoms with E-state index < -0.39 is 0 Å². The van der Waals surface area contributed by atoms with Gasteiger partial charge in [-0.2, -0.15) is 0 Å². The van der Waals surface area contributed by atoms with E-state index in [1.807, 2.05) is 53.9 Å². The number of amides is 2. The minimum atomic E-state index is -0.219. The SMILES string of the molecule is O=C(Nc1ccc(-c2ccco2)cc1)C1CCCN(C(=O)c2cc3sccc3[nH]2)C1. The van der Waals surface area contributed by atoms with E-state index in [1.165, 1.54) is 0 Å². The van der Waals surface area contributed by atoms with Crippen molar-refractivity contribution in [3.8, 4) is 11.3 Å². The number of carbonyl (C=O) groups is 2. The van der Waals surface area contributed by atoms with Gasteiger partial charge in [-0.05, 0) is 66.8 Å². The van der Waals surface area contributed by atoms with Gasteiger partial charge in [-0.3, -0.25) is 9.59 Å². The summed E-state index contributed by atoms with van der Waals surface area (Å²) in [7, 11) is 0. The number of fused-ring (bicyclic) bond motifs is 1. The van der Waals surface area contributed by atoms with Gasteiger partial charge in [-0.1, -0.05) is 0 Å². The van der Waals surface area contributed by atoms with Crippen molar-refractivity contribution in [2.75, 3.05) is 18.4 Å². The predicted molar refractivity (Wildman–Crippen MR) is 118 cm³/mol. The first-order valence-electron chi connectivity index (χ1n) is 9.98. The molecule has 5 rings (SSSR count). The van der Waals surface area contributed by atoms with Crippen molar-refractivity contribution in [1.29, 1.82) is 0 Å². The van der Waals surface area contributed by atoms with E-state index in [2.05, 4.69) is 10.3 Å². The molecule has 0 spiro atoms. The highest BCUT2D eigenvalue weighted by molar-refractivity contribution is 7.17. The highest BCUT2D eigenvalue weighted by atomic mass is 32.1. The highest BCUT2D eigenvalue weighted by Gasteiger charge is 2.29. The monoisotopic (exact) mass is 419 g/mol. The molecule has 4 aromatic rings. The van der Waals surface area contributed by atoms with Crippen LogP contribution in [0.25, 0.3) is 21.5 Å². The van der Waals surface area contributed by atoms with E-state index in [4.69, 9.17) is 4.42 Å². The van der Waals surface area contributed by atoms with Gasteiger partial charge in [0.25, 0.3) is 5.91 Å². The first-order valence-corrected chi connectivity index (χ1v) is 10.9. The Morgan fingerprint density at radius 3 is 2.80 bits per heavy atom. The second kappa shape index (κ2) is 7.84. The van der Waals surface area contributed by atoms with Crippen molar-refractivity contribution in [1.82, 2.24) is 9.88 Å². The van der Waals surface area contributed by atoms with E-state index in [1.54, 1.807) is 22.5 Å². The number of aromatic amines is 1. The van der Waals surface area contributed by atoms with E-state index in [0.29, 0.717) is 18.8 Å². The van der Waals surface area contributed by atoms with Crippen molar-refractivity contribution < 1.29 is 14.0 Å². The molecule has 0 radical (unpaired) electrons. The van der Waals surface area contributed by atoms with Crippen molar-refractivity contribution in [2.24, 2.45) is 5.92 Å². The lowest BCUT2D eigenvalue weighted by Gasteiger charge is -2.31. The predicted octanol–water partition coefficient (Wildman–Crippen LogP) is 4.98. The normalized spacial score (nSPS) is 16.7. The lowest BCUT2D eigenvalue weighted by molar-refractivity contribution is -0.121. The van der Waals surface area contributed by atoms with Gasteiger partial charge < -0.3 is 19.6 Å². The Labute approximate surface area is 177 Å². The maximum atomic E-state index is 12.9. The Morgan fingerprint density at radius 1 is 1.17 bits per heavy atom. The fourth-order valence-electron chi connectivity index (χ4n) is 3.91. The molecule has 2 N–H and O–H groups in total. The molecule has 6 nitrogen and oxygen atoms in total. The molecule has 1 saturated heterocycles. The summed E-state index contributed by atoms with van der Waals surface area (Å²) >= 11 is 1.61. The number of hydrogen-bond acceptors (Lipinski definition) is 4. The summed E-state index contributed by atoms with van der Waals surface area (Å²) in [4.78, 5) is 30.7. The minimum Gasteiger partial charge on any atom is -0.464 e. The number of aromatic nitrogens is 1. The third-order valence-corrected chi connectivity index (χ3v) is 6.37. The van der Waals surface area contributed by atoms with Gasteiger partial charge in [0.05, 0.1) is 22.4 Å². The Hall–Kier alpha value is -3.32. The molecule has 1 atom stereocenters. The Morgan fingerprint density at radius 2 is 2.03 bits per heavy atom. The summed E-state index contributed by atoms with van der Waals surface area (Å²) in [5, 5.41) is 4.98. The zero-order chi connectivity index (χ0) is 20.5. The first kappa shape index (κ1) is 18.7. The summed E-state index contributed by atoms with van der Waals surface area (Å²) in [5.41, 5.74) is 3.26. The number of H-pyrrole nitrogens is 1. The van der Waals surface area contributed by atoms with Gasteiger partial charge in [0.15, 0.2) is 0 Å². The number of thiophene rings is 1. The van der Waals surface area contributed by atoms with Crippen molar-refractivity contribution >= 4 is 39.1 Å². The maximum Gasteiger partial charge on any atom is 0.270 e. The topological polar surface area (TPSA) is 78.3 Å². The molecule has 1 aliphatic rings. The van der Waals surface area contributed by atoms with E-state index in [0.717, 1.165) is 40.1 Å². The summed E-state index contributed by atoms with van der Waals surface area (Å²) in [5.74, 6) is 0.478. The maximum absolute atomic E-state index is 12.9. The highest BCUT2D eigenvalue weighted by Crippen LogP contribution is 2.25. The average Bonchev–Trinajstić information content (AvgIpc) is 3.51. The molecule has 152 valence electrons. The quantitative estimate of drug-likeness (QED) is 0.490. The fraction of sp³-hybridized carbons (Fsp3) is 0.217. The first-order chi connectivity index (χ1) is 14.7. The zero-order valence-corrected chi connectivity index (χ0v) is 17.1. The molecule has 1 unspecified atom stereocenters. The molecule has 1 aliphatic heterocycles. The van der Waals surface area contributed by atoms with Gasteiger partial charge in [-0.15, -0.1) is 11.3 Å². The van der Waals surface area contributed by atoms with E-state index in [9.17, 15) is 9.59 Å². The van der Waals surface area contributed by atoms with Gasteiger partial charge in [-0.25, -0.2) is 0 Å². The molecular weight excluding hydrogens is 398 g/mol. The van der Waals surface area contributed by atoms with Crippen LogP contribution >= 0.6 is 11.3 Å². The molecule has 1 aromatic carbocycles. The Kier molecular flexibility index (Phi) is 4.88. The van der Waals surface area contributed by atoms with Crippen LogP contribution in [0.15, 0.2) is 64.6 Å². The number of furan rings is 1. The molecule has 1 fully saturated rings. The van der Waals surface area contributed by atoms with Crippen LogP contribution in [0.5, 0.6) is 0 Å². The Bertz CT molecular complexity index is 1150. The number of likely N-dealkylation sites (tertiary alicyclic amines) is 1. The third kappa shape index (κ3) is 3.64. The largest absolute Gasteiger partial charge is 0.464 e. The number of nitrogens with zero attached hydrogens (tertiary/aromatic N) is 1. The van der Waals surface area contributed by atoms with Crippen molar-refractivity contribution in [2.45, 2.75) is 12.8 Å². The smallest absolute Gasteiger partial charge is 0.270 e. The number of nitrogens with one attached hydrogen (secondary N) is 2. The lowest BCUT2D eigenvalue weighted by Crippen LogP contribution is -2.43. The van der Waals surface area contributed by atoms with Gasteiger partial charge >= 0.3 is 0 Å². The van der Waals surface area contributed by atoms with Crippen LogP contribution in [0, 0.1) is 5.92 Å². The number of hydrogen-bond donors (Lipinski definition) is 2. The second-order valence-electron chi connectivity index (χ2n) is 7.52. The van der Waals surface area contributed by atoms with Crippen LogP contribution in [-0.2, 0) is 4.79 Å². The van der Waals surface area contributed by atoms with Crippen molar-refractivity contribution in [3.05, 3.63) is 65.9 Å². The van der Waals surface area contributed by atoms with Crippen LogP contribution in [0.3, 0.4) is 0 Å². The van der Waals surface area contributed by atoms with E-state index >= 15 is 0 Å².